The van der Waals surface area contributed by atoms with Gasteiger partial charge in [-0.1, -0.05) is 100 Å². The lowest BCUT2D eigenvalue weighted by atomic mass is 9.62. The highest BCUT2D eigenvalue weighted by Gasteiger charge is 2.71. The van der Waals surface area contributed by atoms with Gasteiger partial charge in [-0.05, 0) is 89.0 Å². The van der Waals surface area contributed by atoms with Crippen LogP contribution in [0.3, 0.4) is 0 Å². The first-order valence-corrected chi connectivity index (χ1v) is 14.0. The molecule has 2 saturated carbocycles. The van der Waals surface area contributed by atoms with E-state index in [1.165, 1.54) is 56.9 Å². The first-order chi connectivity index (χ1) is 17.8. The van der Waals surface area contributed by atoms with Crippen LogP contribution in [0.1, 0.15) is 47.5 Å². The second-order valence-electron chi connectivity index (χ2n) is 12.7. The van der Waals surface area contributed by atoms with Crippen molar-refractivity contribution in [2.75, 3.05) is 0 Å². The molecule has 4 atom stereocenters. The summed E-state index contributed by atoms with van der Waals surface area (Å²) >= 11 is 0. The van der Waals surface area contributed by atoms with Gasteiger partial charge in [0.05, 0.1) is 5.54 Å². The molecule has 2 aliphatic rings. The lowest BCUT2D eigenvalue weighted by Crippen LogP contribution is -2.49. The summed E-state index contributed by atoms with van der Waals surface area (Å²) in [5.41, 5.74) is 8.47. The molecule has 1 nitrogen and oxygen atoms in total. The molecular weight excluding hydrogens is 446 g/mol. The van der Waals surface area contributed by atoms with Gasteiger partial charge in [0, 0.05) is 21.8 Å². The van der Waals surface area contributed by atoms with Crippen molar-refractivity contribution >= 4 is 21.8 Å². The second kappa shape index (κ2) is 7.60. The second-order valence-corrected chi connectivity index (χ2v) is 12.7. The lowest BCUT2D eigenvalue weighted by Gasteiger charge is -2.50. The van der Waals surface area contributed by atoms with Gasteiger partial charge in [0.1, 0.15) is 0 Å². The maximum Gasteiger partial charge on any atom is 0.0510 e. The number of nitrogens with zero attached hydrogens (tertiary/aromatic N) is 1. The van der Waals surface area contributed by atoms with Gasteiger partial charge in [0.25, 0.3) is 0 Å². The van der Waals surface area contributed by atoms with E-state index >= 15 is 0 Å². The normalized spacial score (nSPS) is 28.4. The van der Waals surface area contributed by atoms with E-state index in [1.54, 1.807) is 0 Å². The molecule has 4 unspecified atom stereocenters. The summed E-state index contributed by atoms with van der Waals surface area (Å²) in [7, 11) is 0. The summed E-state index contributed by atoms with van der Waals surface area (Å²) in [6.07, 6.45) is 2.66. The van der Waals surface area contributed by atoms with Crippen LogP contribution >= 0.6 is 0 Å². The van der Waals surface area contributed by atoms with E-state index in [4.69, 9.17) is 0 Å². The molecule has 1 heteroatoms. The number of benzene rings is 4. The number of rotatable bonds is 3. The Balaban J connectivity index is 1.55. The van der Waals surface area contributed by atoms with Gasteiger partial charge in [-0.15, -0.1) is 0 Å². The largest absolute Gasteiger partial charge is 0.334 e. The Morgan fingerprint density at radius 1 is 0.622 bits per heavy atom. The van der Waals surface area contributed by atoms with Crippen molar-refractivity contribution in [3.63, 3.8) is 0 Å². The van der Waals surface area contributed by atoms with Crippen molar-refractivity contribution in [3.05, 3.63) is 97.1 Å². The molecule has 4 aromatic carbocycles. The maximum absolute atomic E-state index is 2.77. The highest BCUT2D eigenvalue weighted by Crippen LogP contribution is 2.74. The van der Waals surface area contributed by atoms with Crippen LogP contribution in [0, 0.1) is 22.7 Å². The fourth-order valence-electron chi connectivity index (χ4n) is 8.81. The quantitative estimate of drug-likeness (QED) is 0.241. The highest BCUT2D eigenvalue weighted by molar-refractivity contribution is 6.11. The molecule has 1 aromatic heterocycles. The molecule has 0 aliphatic heterocycles. The minimum atomic E-state index is 0.0436. The minimum absolute atomic E-state index is 0.0436. The molecule has 1 heterocycles. The Morgan fingerprint density at radius 2 is 1.11 bits per heavy atom. The SMILES string of the molecule is CC1C2CCC(C)(C2(C)C)C1(C)n1c2ccc(-c3ccccc3)cc2c2cc(-c3ccccc3)ccc21. The Hall–Kier alpha value is -3.32. The van der Waals surface area contributed by atoms with Crippen molar-refractivity contribution in [2.24, 2.45) is 22.7 Å². The summed E-state index contributed by atoms with van der Waals surface area (Å²) in [6.45, 7) is 12.8. The van der Waals surface area contributed by atoms with Gasteiger partial charge >= 0.3 is 0 Å². The molecule has 2 aliphatic carbocycles. The zero-order chi connectivity index (χ0) is 25.6. The van der Waals surface area contributed by atoms with Gasteiger partial charge in [0.15, 0.2) is 0 Å². The van der Waals surface area contributed by atoms with Crippen molar-refractivity contribution < 1.29 is 0 Å². The van der Waals surface area contributed by atoms with Crippen LogP contribution in [0.25, 0.3) is 44.1 Å². The first-order valence-electron chi connectivity index (χ1n) is 14.0. The summed E-state index contributed by atoms with van der Waals surface area (Å²) in [5.74, 6) is 1.37. The van der Waals surface area contributed by atoms with E-state index in [0.717, 1.165) is 5.92 Å². The lowest BCUT2D eigenvalue weighted by molar-refractivity contribution is 0.0243. The molecule has 7 rings (SSSR count). The predicted molar refractivity (Wildman–Crippen MR) is 158 cm³/mol. The van der Waals surface area contributed by atoms with E-state index in [9.17, 15) is 0 Å². The number of aromatic nitrogens is 1. The average molecular weight is 484 g/mol. The Morgan fingerprint density at radius 3 is 1.54 bits per heavy atom. The number of fused-ring (bicyclic) bond motifs is 5. The monoisotopic (exact) mass is 483 g/mol. The average Bonchev–Trinajstić information content (AvgIpc) is 3.42. The van der Waals surface area contributed by atoms with Crippen LogP contribution in [0.15, 0.2) is 97.1 Å². The third-order valence-electron chi connectivity index (χ3n) is 11.4. The van der Waals surface area contributed by atoms with Gasteiger partial charge in [-0.2, -0.15) is 0 Å². The summed E-state index contributed by atoms with van der Waals surface area (Å²) in [4.78, 5) is 0. The number of hydrogen-bond donors (Lipinski definition) is 0. The highest BCUT2D eigenvalue weighted by atomic mass is 15.1. The molecule has 0 spiro atoms. The van der Waals surface area contributed by atoms with Gasteiger partial charge in [-0.3, -0.25) is 0 Å². The fraction of sp³-hybridized carbons (Fsp3) is 0.333. The first kappa shape index (κ1) is 22.8. The van der Waals surface area contributed by atoms with Crippen LogP contribution in [0.5, 0.6) is 0 Å². The van der Waals surface area contributed by atoms with Gasteiger partial charge in [0.2, 0.25) is 0 Å². The van der Waals surface area contributed by atoms with Crippen molar-refractivity contribution in [2.45, 2.75) is 53.0 Å². The molecule has 2 fully saturated rings. The standard InChI is InChI=1S/C36H37N/c1-24-31-20-21-35(4,34(31,2)3)36(24,5)37-32-18-16-27(25-12-8-6-9-13-25)22-29(32)30-23-28(17-19-33(30)37)26-14-10-7-11-15-26/h6-19,22-24,31H,20-21H2,1-5H3. The molecule has 0 radical (unpaired) electrons. The van der Waals surface area contributed by atoms with E-state index in [0.29, 0.717) is 11.3 Å². The topological polar surface area (TPSA) is 4.93 Å². The minimum Gasteiger partial charge on any atom is -0.334 e. The molecular formula is C36H37N. The predicted octanol–water partition coefficient (Wildman–Crippen LogP) is 9.94. The van der Waals surface area contributed by atoms with Crippen molar-refractivity contribution in [3.8, 4) is 22.3 Å². The molecule has 186 valence electrons. The molecule has 37 heavy (non-hydrogen) atoms. The molecule has 0 saturated heterocycles. The van der Waals surface area contributed by atoms with Crippen LogP contribution in [-0.4, -0.2) is 4.57 Å². The van der Waals surface area contributed by atoms with E-state index in [2.05, 4.69) is 136 Å². The van der Waals surface area contributed by atoms with Crippen LogP contribution in [-0.2, 0) is 5.54 Å². The van der Waals surface area contributed by atoms with E-state index in [1.807, 2.05) is 0 Å². The fourth-order valence-corrected chi connectivity index (χ4v) is 8.81. The Bertz CT molecular complexity index is 1540. The third-order valence-corrected chi connectivity index (χ3v) is 11.4. The summed E-state index contributed by atoms with van der Waals surface area (Å²) < 4.78 is 2.77. The molecule has 2 bridgehead atoms. The van der Waals surface area contributed by atoms with Crippen molar-refractivity contribution in [1.29, 1.82) is 0 Å². The van der Waals surface area contributed by atoms with Crippen LogP contribution in [0.4, 0.5) is 0 Å². The van der Waals surface area contributed by atoms with Crippen molar-refractivity contribution in [1.82, 2.24) is 4.57 Å². The Labute approximate surface area is 221 Å². The summed E-state index contributed by atoms with van der Waals surface area (Å²) in [5, 5.41) is 2.73. The summed E-state index contributed by atoms with van der Waals surface area (Å²) in [6, 6.07) is 36.0. The van der Waals surface area contributed by atoms with Crippen LogP contribution < -0.4 is 0 Å². The van der Waals surface area contributed by atoms with Gasteiger partial charge in [-0.25, -0.2) is 0 Å². The third kappa shape index (κ3) is 2.81. The van der Waals surface area contributed by atoms with E-state index < -0.39 is 0 Å². The molecule has 0 amide bonds. The molecule has 5 aromatic rings. The van der Waals surface area contributed by atoms with Crippen LogP contribution in [0.2, 0.25) is 0 Å². The Kier molecular flexibility index (Phi) is 4.69. The number of hydrogen-bond acceptors (Lipinski definition) is 0. The maximum atomic E-state index is 2.77. The zero-order valence-electron chi connectivity index (χ0n) is 22.8. The smallest absolute Gasteiger partial charge is 0.0510 e. The van der Waals surface area contributed by atoms with E-state index in [-0.39, 0.29) is 11.0 Å². The van der Waals surface area contributed by atoms with Gasteiger partial charge < -0.3 is 4.57 Å². The zero-order valence-corrected chi connectivity index (χ0v) is 22.8. The molecule has 0 N–H and O–H groups in total.